The SMILES string of the molecule is C=C1C(Cl)=C[C-]=C(c2ccc(OC)cc2Cl)N1CC.[Y]. The van der Waals surface area contributed by atoms with Gasteiger partial charge in [-0.25, -0.2) is 0 Å². The van der Waals surface area contributed by atoms with Crippen molar-refractivity contribution in [1.29, 1.82) is 0 Å². The Morgan fingerprint density at radius 2 is 2.05 bits per heavy atom. The first-order valence-electron chi connectivity index (χ1n) is 5.88. The molecule has 2 nitrogen and oxygen atoms in total. The number of rotatable bonds is 3. The molecule has 0 N–H and O–H groups in total. The fourth-order valence-electron chi connectivity index (χ4n) is 1.94. The minimum absolute atomic E-state index is 0. The van der Waals surface area contributed by atoms with E-state index in [0.717, 1.165) is 29.3 Å². The average Bonchev–Trinajstić information content (AvgIpc) is 2.42. The Morgan fingerprint density at radius 3 is 2.60 bits per heavy atom. The third-order valence-electron chi connectivity index (χ3n) is 2.95. The van der Waals surface area contributed by atoms with Crippen molar-refractivity contribution in [3.63, 3.8) is 0 Å². The van der Waals surface area contributed by atoms with Crippen LogP contribution < -0.4 is 4.74 Å². The molecule has 0 saturated heterocycles. The molecule has 0 atom stereocenters. The number of likely N-dealkylation sites (N-methyl/N-ethyl adjacent to an activating group) is 1. The van der Waals surface area contributed by atoms with Gasteiger partial charge in [0, 0.05) is 39.3 Å². The van der Waals surface area contributed by atoms with E-state index in [1.807, 2.05) is 24.0 Å². The first-order valence-corrected chi connectivity index (χ1v) is 6.64. The molecule has 103 valence electrons. The molecule has 0 unspecified atom stereocenters. The Balaban J connectivity index is 0.00000200. The van der Waals surface area contributed by atoms with Crippen molar-refractivity contribution in [2.45, 2.75) is 6.92 Å². The van der Waals surface area contributed by atoms with Crippen LogP contribution in [0.5, 0.6) is 5.75 Å². The van der Waals surface area contributed by atoms with Gasteiger partial charge in [-0.05, 0) is 34.8 Å². The van der Waals surface area contributed by atoms with E-state index < -0.39 is 0 Å². The van der Waals surface area contributed by atoms with Gasteiger partial charge < -0.3 is 9.64 Å². The summed E-state index contributed by atoms with van der Waals surface area (Å²) in [6.45, 7) is 6.75. The van der Waals surface area contributed by atoms with Crippen LogP contribution in [0.4, 0.5) is 0 Å². The standard InChI is InChI=1S/C15H14Cl2NO.Y/c1-4-18-10(2)13(16)7-8-15(18)12-6-5-11(19-3)9-14(12)17;/h5-7,9H,2,4H2,1,3H3;/q-1;. The summed E-state index contributed by atoms with van der Waals surface area (Å²) in [5, 5.41) is 1.20. The van der Waals surface area contributed by atoms with Gasteiger partial charge in [0.2, 0.25) is 0 Å². The van der Waals surface area contributed by atoms with Gasteiger partial charge in [-0.3, -0.25) is 0 Å². The minimum atomic E-state index is 0. The second-order valence-electron chi connectivity index (χ2n) is 4.02. The van der Waals surface area contributed by atoms with Crippen LogP contribution in [-0.2, 0) is 32.7 Å². The quantitative estimate of drug-likeness (QED) is 0.714. The number of nitrogens with zero attached hydrogens (tertiary/aromatic N) is 1. The van der Waals surface area contributed by atoms with Crippen LogP contribution >= 0.6 is 23.2 Å². The molecule has 1 aromatic carbocycles. The third-order valence-corrected chi connectivity index (χ3v) is 3.59. The first kappa shape index (κ1) is 17.8. The summed E-state index contributed by atoms with van der Waals surface area (Å²) in [6.07, 6.45) is 4.87. The van der Waals surface area contributed by atoms with Crippen molar-refractivity contribution in [3.05, 3.63) is 58.2 Å². The molecular formula is C15H14Cl2NOY-. The summed E-state index contributed by atoms with van der Waals surface area (Å²) in [7, 11) is 1.61. The third kappa shape index (κ3) is 3.48. The number of ether oxygens (including phenoxy) is 1. The van der Waals surface area contributed by atoms with E-state index in [2.05, 4.69) is 12.7 Å². The van der Waals surface area contributed by atoms with E-state index in [-0.39, 0.29) is 32.7 Å². The van der Waals surface area contributed by atoms with E-state index in [0.29, 0.717) is 10.1 Å². The monoisotopic (exact) mass is 383 g/mol. The van der Waals surface area contributed by atoms with Crippen molar-refractivity contribution >= 4 is 28.9 Å². The van der Waals surface area contributed by atoms with Gasteiger partial charge in [-0.1, -0.05) is 29.4 Å². The molecule has 1 aliphatic heterocycles. The topological polar surface area (TPSA) is 12.5 Å². The van der Waals surface area contributed by atoms with Crippen molar-refractivity contribution in [2.24, 2.45) is 0 Å². The Kier molecular flexibility index (Phi) is 6.80. The van der Waals surface area contributed by atoms with Crippen LogP contribution in [0.2, 0.25) is 5.02 Å². The predicted octanol–water partition coefficient (Wildman–Crippen LogP) is 4.46. The Morgan fingerprint density at radius 1 is 1.35 bits per heavy atom. The fraction of sp³-hybridized carbons (Fsp3) is 0.200. The summed E-state index contributed by atoms with van der Waals surface area (Å²) >= 11 is 12.4. The molecule has 0 amide bonds. The normalized spacial score (nSPS) is 14.4. The smallest absolute Gasteiger partial charge is 0.118 e. The number of hydrogen-bond acceptors (Lipinski definition) is 2. The van der Waals surface area contributed by atoms with E-state index in [4.69, 9.17) is 27.9 Å². The van der Waals surface area contributed by atoms with Crippen LogP contribution in [0.1, 0.15) is 12.5 Å². The van der Waals surface area contributed by atoms with Crippen LogP contribution in [0.15, 0.2) is 41.6 Å². The number of benzene rings is 1. The Hall–Kier alpha value is -0.276. The first-order chi connectivity index (χ1) is 9.08. The molecule has 0 spiro atoms. The van der Waals surface area contributed by atoms with E-state index in [1.165, 1.54) is 0 Å². The summed E-state index contributed by atoms with van der Waals surface area (Å²) in [5.41, 5.74) is 2.50. The van der Waals surface area contributed by atoms with Gasteiger partial charge in [0.1, 0.15) is 5.75 Å². The predicted molar refractivity (Wildman–Crippen MR) is 80.1 cm³/mol. The molecule has 0 aliphatic carbocycles. The molecule has 1 radical (unpaired) electrons. The average molecular weight is 384 g/mol. The molecule has 1 aromatic rings. The van der Waals surface area contributed by atoms with Gasteiger partial charge in [-0.2, -0.15) is 23.8 Å². The number of halogens is 2. The summed E-state index contributed by atoms with van der Waals surface area (Å²) in [6, 6.07) is 5.56. The van der Waals surface area contributed by atoms with Crippen LogP contribution in [0.3, 0.4) is 0 Å². The van der Waals surface area contributed by atoms with E-state index in [1.54, 1.807) is 19.3 Å². The summed E-state index contributed by atoms with van der Waals surface area (Å²) < 4.78 is 5.15. The maximum absolute atomic E-state index is 6.30. The zero-order valence-corrected chi connectivity index (χ0v) is 15.8. The summed E-state index contributed by atoms with van der Waals surface area (Å²) in [4.78, 5) is 1.98. The Labute approximate surface area is 155 Å². The molecule has 5 heteroatoms. The van der Waals surface area contributed by atoms with Gasteiger partial charge in [0.15, 0.2) is 0 Å². The summed E-state index contributed by atoms with van der Waals surface area (Å²) in [5.74, 6) is 0.723. The number of hydrogen-bond donors (Lipinski definition) is 0. The molecule has 2 rings (SSSR count). The second-order valence-corrected chi connectivity index (χ2v) is 4.84. The molecule has 0 saturated carbocycles. The van der Waals surface area contributed by atoms with Crippen LogP contribution in [0, 0.1) is 6.08 Å². The maximum atomic E-state index is 6.30. The van der Waals surface area contributed by atoms with Crippen molar-refractivity contribution in [1.82, 2.24) is 4.90 Å². The fourth-order valence-corrected chi connectivity index (χ4v) is 2.36. The molecule has 0 aromatic heterocycles. The van der Waals surface area contributed by atoms with E-state index in [9.17, 15) is 0 Å². The second kappa shape index (κ2) is 7.65. The van der Waals surface area contributed by atoms with Crippen molar-refractivity contribution < 1.29 is 37.4 Å². The maximum Gasteiger partial charge on any atom is 0.118 e. The number of methoxy groups -OCH3 is 1. The van der Waals surface area contributed by atoms with Gasteiger partial charge in [-0.15, -0.1) is 6.07 Å². The zero-order chi connectivity index (χ0) is 14.0. The molecule has 1 heterocycles. The van der Waals surface area contributed by atoms with E-state index >= 15 is 0 Å². The van der Waals surface area contributed by atoms with Gasteiger partial charge in [0.25, 0.3) is 0 Å². The zero-order valence-electron chi connectivity index (χ0n) is 11.4. The van der Waals surface area contributed by atoms with Gasteiger partial charge >= 0.3 is 0 Å². The van der Waals surface area contributed by atoms with Gasteiger partial charge in [0.05, 0.1) is 7.11 Å². The molecule has 20 heavy (non-hydrogen) atoms. The molecule has 0 fully saturated rings. The molecular weight excluding hydrogens is 370 g/mol. The Bertz CT molecular complexity index is 581. The largest absolute Gasteiger partial charge is 0.497 e. The molecule has 0 bridgehead atoms. The minimum Gasteiger partial charge on any atom is -0.497 e. The van der Waals surface area contributed by atoms with Crippen LogP contribution in [0.25, 0.3) is 5.70 Å². The van der Waals surface area contributed by atoms with Crippen molar-refractivity contribution in [3.8, 4) is 5.75 Å². The van der Waals surface area contributed by atoms with Crippen molar-refractivity contribution in [2.75, 3.05) is 13.7 Å². The molecule has 1 aliphatic rings. The van der Waals surface area contributed by atoms with Crippen LogP contribution in [-0.4, -0.2) is 18.6 Å². The number of allylic oxidation sites excluding steroid dienone is 3.